The summed E-state index contributed by atoms with van der Waals surface area (Å²) in [5.74, 6) is 0.568. The van der Waals surface area contributed by atoms with Crippen molar-refractivity contribution in [3.63, 3.8) is 0 Å². The van der Waals surface area contributed by atoms with Gasteiger partial charge in [-0.2, -0.15) is 5.10 Å². The van der Waals surface area contributed by atoms with Crippen LogP contribution in [0.3, 0.4) is 0 Å². The summed E-state index contributed by atoms with van der Waals surface area (Å²) in [6.45, 7) is 6.79. The molecule has 0 bridgehead atoms. The van der Waals surface area contributed by atoms with Crippen LogP contribution in [0.15, 0.2) is 91.8 Å². The van der Waals surface area contributed by atoms with Crippen LogP contribution in [0, 0.1) is 6.92 Å². The van der Waals surface area contributed by atoms with E-state index in [2.05, 4.69) is 61.3 Å². The SMILES string of the molecule is Cc1ncnn1-c1ccc(N2CCN(c3ccc(OC[C@@H]4CO[C@@](Cn5ccnc5)(c5ccc(Cl)cc5Cl)O4)cc3)CC2)cc1. The number of halogens is 2. The second kappa shape index (κ2) is 12.7. The number of imidazole rings is 1. The summed E-state index contributed by atoms with van der Waals surface area (Å²) in [5.41, 5.74) is 4.12. The molecule has 0 unspecified atom stereocenters. The van der Waals surface area contributed by atoms with Crippen LogP contribution in [0.2, 0.25) is 10.0 Å². The number of benzene rings is 3. The van der Waals surface area contributed by atoms with Crippen molar-refractivity contribution in [3.8, 4) is 11.4 Å². The Bertz CT molecular complexity index is 1720. The van der Waals surface area contributed by atoms with Gasteiger partial charge in [-0.15, -0.1) is 0 Å². The highest BCUT2D eigenvalue weighted by atomic mass is 35.5. The van der Waals surface area contributed by atoms with Gasteiger partial charge in [0.05, 0.1) is 30.2 Å². The maximum absolute atomic E-state index is 6.59. The van der Waals surface area contributed by atoms with Gasteiger partial charge in [-0.05, 0) is 67.6 Å². The Kier molecular flexibility index (Phi) is 8.37. The zero-order valence-corrected chi connectivity index (χ0v) is 26.3. The molecule has 2 aromatic heterocycles. The third kappa shape index (κ3) is 6.37. The molecule has 2 atom stereocenters. The standard InChI is InChI=1S/C33H33Cl2N7O3/c1-24-37-22-38-42(24)28-5-3-26(4-6-28)40-14-16-41(17-15-40)27-7-9-29(10-8-27)43-19-30-20-44-33(45-30,21-39-13-12-36-23-39)31-11-2-25(34)18-32(31)35/h2-13,18,22-23,30H,14-17,19-21H2,1H3/t30-,33-/m1/s1. The zero-order chi connectivity index (χ0) is 30.8. The third-order valence-corrected chi connectivity index (χ3v) is 8.79. The summed E-state index contributed by atoms with van der Waals surface area (Å²) in [7, 11) is 0. The molecule has 0 spiro atoms. The molecule has 0 aliphatic carbocycles. The van der Waals surface area contributed by atoms with Crippen molar-refractivity contribution in [1.29, 1.82) is 0 Å². The van der Waals surface area contributed by atoms with E-state index in [0.29, 0.717) is 35.4 Å². The van der Waals surface area contributed by atoms with Crippen molar-refractivity contribution < 1.29 is 14.2 Å². The van der Waals surface area contributed by atoms with Crippen molar-refractivity contribution in [3.05, 3.63) is 113 Å². The molecule has 12 heteroatoms. The lowest BCUT2D eigenvalue weighted by atomic mass is 10.1. The Balaban J connectivity index is 0.935. The lowest BCUT2D eigenvalue weighted by Gasteiger charge is -2.37. The third-order valence-electron chi connectivity index (χ3n) is 8.25. The lowest BCUT2D eigenvalue weighted by molar-refractivity contribution is -0.189. The fourth-order valence-corrected chi connectivity index (χ4v) is 6.45. The minimum absolute atomic E-state index is 0.290. The van der Waals surface area contributed by atoms with Crippen LogP contribution in [-0.2, 0) is 21.8 Å². The Morgan fingerprint density at radius 3 is 2.22 bits per heavy atom. The first-order valence-corrected chi connectivity index (χ1v) is 15.6. The van der Waals surface area contributed by atoms with E-state index in [0.717, 1.165) is 43.4 Å². The van der Waals surface area contributed by atoms with Gasteiger partial charge < -0.3 is 28.6 Å². The Labute approximate surface area is 271 Å². The molecular formula is C33H33Cl2N7O3. The smallest absolute Gasteiger partial charge is 0.215 e. The number of nitrogens with zero attached hydrogens (tertiary/aromatic N) is 7. The monoisotopic (exact) mass is 645 g/mol. The van der Waals surface area contributed by atoms with Gasteiger partial charge in [0, 0.05) is 60.5 Å². The van der Waals surface area contributed by atoms with Gasteiger partial charge in [-0.25, -0.2) is 14.6 Å². The molecule has 0 amide bonds. The topological polar surface area (TPSA) is 82.7 Å². The van der Waals surface area contributed by atoms with Gasteiger partial charge in [0.15, 0.2) is 0 Å². The molecule has 2 aliphatic rings. The van der Waals surface area contributed by atoms with Crippen LogP contribution < -0.4 is 14.5 Å². The molecule has 4 heterocycles. The van der Waals surface area contributed by atoms with Gasteiger partial charge in [0.2, 0.25) is 5.79 Å². The number of anilines is 2. The lowest BCUT2D eigenvalue weighted by Crippen LogP contribution is -2.46. The predicted molar refractivity (Wildman–Crippen MR) is 174 cm³/mol. The maximum Gasteiger partial charge on any atom is 0.215 e. The van der Waals surface area contributed by atoms with E-state index < -0.39 is 5.79 Å². The fraction of sp³-hybridized carbons (Fsp3) is 0.303. The number of piperazine rings is 1. The predicted octanol–water partition coefficient (Wildman–Crippen LogP) is 5.75. The minimum atomic E-state index is -1.08. The second-order valence-electron chi connectivity index (χ2n) is 11.2. The van der Waals surface area contributed by atoms with Crippen LogP contribution in [0.1, 0.15) is 11.4 Å². The van der Waals surface area contributed by atoms with Gasteiger partial charge >= 0.3 is 0 Å². The highest BCUT2D eigenvalue weighted by Gasteiger charge is 2.45. The summed E-state index contributed by atoms with van der Waals surface area (Å²) in [5, 5.41) is 5.33. The van der Waals surface area contributed by atoms with E-state index in [4.69, 9.17) is 37.4 Å². The molecule has 0 N–H and O–H groups in total. The van der Waals surface area contributed by atoms with Crippen molar-refractivity contribution >= 4 is 34.6 Å². The highest BCUT2D eigenvalue weighted by molar-refractivity contribution is 6.35. The zero-order valence-electron chi connectivity index (χ0n) is 24.8. The summed E-state index contributed by atoms with van der Waals surface area (Å²) >= 11 is 12.8. The Morgan fingerprint density at radius 2 is 1.60 bits per heavy atom. The molecule has 0 radical (unpaired) electrons. The van der Waals surface area contributed by atoms with E-state index in [1.54, 1.807) is 31.0 Å². The van der Waals surface area contributed by atoms with E-state index in [-0.39, 0.29) is 6.10 Å². The number of hydrogen-bond donors (Lipinski definition) is 0. The van der Waals surface area contributed by atoms with Crippen LogP contribution in [-0.4, -0.2) is 69.8 Å². The fourth-order valence-electron chi connectivity index (χ4n) is 5.90. The maximum atomic E-state index is 6.59. The summed E-state index contributed by atoms with van der Waals surface area (Å²) in [6.07, 6.45) is 6.60. The quantitative estimate of drug-likeness (QED) is 0.200. The Morgan fingerprint density at radius 1 is 0.911 bits per heavy atom. The van der Waals surface area contributed by atoms with Crippen LogP contribution in [0.4, 0.5) is 11.4 Å². The summed E-state index contributed by atoms with van der Waals surface area (Å²) in [6, 6.07) is 22.1. The van der Waals surface area contributed by atoms with Crippen LogP contribution in [0.25, 0.3) is 5.69 Å². The molecule has 232 valence electrons. The average molecular weight is 647 g/mol. The van der Waals surface area contributed by atoms with Gasteiger partial charge in [-0.3, -0.25) is 0 Å². The molecule has 2 saturated heterocycles. The first-order chi connectivity index (χ1) is 22.0. The van der Waals surface area contributed by atoms with Crippen molar-refractivity contribution in [2.45, 2.75) is 25.4 Å². The van der Waals surface area contributed by atoms with Crippen LogP contribution in [0.5, 0.6) is 5.75 Å². The summed E-state index contributed by atoms with van der Waals surface area (Å²) in [4.78, 5) is 13.2. The molecule has 2 fully saturated rings. The second-order valence-corrected chi connectivity index (χ2v) is 12.0. The van der Waals surface area contributed by atoms with E-state index in [1.165, 1.54) is 11.4 Å². The molecule has 3 aromatic carbocycles. The van der Waals surface area contributed by atoms with Crippen molar-refractivity contribution in [1.82, 2.24) is 24.3 Å². The Hall–Kier alpha value is -4.09. The molecule has 5 aromatic rings. The van der Waals surface area contributed by atoms with Gasteiger partial charge in [0.1, 0.15) is 30.6 Å². The molecular weight excluding hydrogens is 613 g/mol. The van der Waals surface area contributed by atoms with E-state index >= 15 is 0 Å². The molecule has 2 aliphatic heterocycles. The normalized spacial score (nSPS) is 20.1. The average Bonchev–Trinajstić information content (AvgIpc) is 3.83. The number of rotatable bonds is 9. The molecule has 10 nitrogen and oxygen atoms in total. The molecule has 45 heavy (non-hydrogen) atoms. The first-order valence-electron chi connectivity index (χ1n) is 14.9. The largest absolute Gasteiger partial charge is 0.491 e. The number of aryl methyl sites for hydroxylation is 1. The number of ether oxygens (including phenoxy) is 3. The molecule has 0 saturated carbocycles. The van der Waals surface area contributed by atoms with Crippen molar-refractivity contribution in [2.24, 2.45) is 0 Å². The number of aromatic nitrogens is 5. The number of hydrogen-bond acceptors (Lipinski definition) is 8. The van der Waals surface area contributed by atoms with Gasteiger partial charge in [-0.1, -0.05) is 29.3 Å². The van der Waals surface area contributed by atoms with Gasteiger partial charge in [0.25, 0.3) is 0 Å². The minimum Gasteiger partial charge on any atom is -0.491 e. The summed E-state index contributed by atoms with van der Waals surface area (Å²) < 4.78 is 22.7. The van der Waals surface area contributed by atoms with E-state index in [9.17, 15) is 0 Å². The highest BCUT2D eigenvalue weighted by Crippen LogP contribution is 2.40. The van der Waals surface area contributed by atoms with E-state index in [1.807, 2.05) is 40.6 Å². The first kappa shape index (κ1) is 29.6. The van der Waals surface area contributed by atoms with Crippen molar-refractivity contribution in [2.75, 3.05) is 49.2 Å². The molecule has 7 rings (SSSR count). The van der Waals surface area contributed by atoms with Crippen LogP contribution >= 0.6 is 23.2 Å².